The third-order valence-electron chi connectivity index (χ3n) is 9.54. The van der Waals surface area contributed by atoms with E-state index < -0.39 is 80.9 Å². The standard InChI is InChI=1S/C31H32O8/c1-14(2)22-24(34)19(15(3)32)27(37)31(39)28(38)23-25(35)21-18(33)12-11-17(16-9-7-6-8-10-16)20(21)26(36)29(23,4)13-30(22,31)5/h6-12,14,19,22-23,26,33,36,39H,13H2,1-5H3/t19?,22?,23?,26-,29-,30-,31+/m1/s1. The number of Topliss-reactive ketones (excluding diaryl/α,β-unsaturated/α-hetero) is 5. The van der Waals surface area contributed by atoms with E-state index in [-0.39, 0.29) is 17.5 Å². The number of fused-ring (bicyclic) bond motifs is 3. The first kappa shape index (κ1) is 27.1. The summed E-state index contributed by atoms with van der Waals surface area (Å²) in [5.41, 5.74) is -4.95. The molecule has 0 spiro atoms. The highest BCUT2D eigenvalue weighted by Crippen LogP contribution is 2.66. The largest absolute Gasteiger partial charge is 0.507 e. The number of aromatic hydroxyl groups is 1. The summed E-state index contributed by atoms with van der Waals surface area (Å²) in [5.74, 6) is -10.1. The van der Waals surface area contributed by atoms with Gasteiger partial charge < -0.3 is 15.3 Å². The number of aliphatic hydroxyl groups excluding tert-OH is 1. The first-order valence-corrected chi connectivity index (χ1v) is 13.1. The lowest BCUT2D eigenvalue weighted by atomic mass is 9.39. The monoisotopic (exact) mass is 532 g/mol. The Bertz CT molecular complexity index is 1460. The summed E-state index contributed by atoms with van der Waals surface area (Å²) in [6, 6.07) is 11.9. The number of phenols is 1. The van der Waals surface area contributed by atoms with Crippen molar-refractivity contribution >= 4 is 28.9 Å². The van der Waals surface area contributed by atoms with Crippen molar-refractivity contribution in [2.75, 3.05) is 0 Å². The Morgan fingerprint density at radius 3 is 2.15 bits per heavy atom. The molecule has 3 unspecified atom stereocenters. The van der Waals surface area contributed by atoms with E-state index in [4.69, 9.17) is 0 Å². The summed E-state index contributed by atoms with van der Waals surface area (Å²) < 4.78 is 0. The number of benzene rings is 2. The molecular weight excluding hydrogens is 500 g/mol. The molecule has 0 aromatic heterocycles. The highest BCUT2D eigenvalue weighted by molar-refractivity contribution is 6.32. The van der Waals surface area contributed by atoms with Gasteiger partial charge in [-0.15, -0.1) is 0 Å². The van der Waals surface area contributed by atoms with Crippen LogP contribution in [-0.4, -0.2) is 49.8 Å². The summed E-state index contributed by atoms with van der Waals surface area (Å²) in [5, 5.41) is 34.8. The first-order valence-electron chi connectivity index (χ1n) is 13.1. The second kappa shape index (κ2) is 8.50. The van der Waals surface area contributed by atoms with Gasteiger partial charge in [0.1, 0.15) is 17.5 Å². The Morgan fingerprint density at radius 1 is 0.974 bits per heavy atom. The van der Waals surface area contributed by atoms with Crippen molar-refractivity contribution in [2.24, 2.45) is 34.5 Å². The molecule has 5 rings (SSSR count). The molecule has 204 valence electrons. The minimum absolute atomic E-state index is 0.156. The molecule has 0 amide bonds. The van der Waals surface area contributed by atoms with Gasteiger partial charge in [-0.3, -0.25) is 24.0 Å². The lowest BCUT2D eigenvalue weighted by Crippen LogP contribution is -2.77. The lowest BCUT2D eigenvalue weighted by Gasteiger charge is -2.62. The maximum absolute atomic E-state index is 14.3. The second-order valence-corrected chi connectivity index (χ2v) is 12.2. The predicted octanol–water partition coefficient (Wildman–Crippen LogP) is 3.25. The quantitative estimate of drug-likeness (QED) is 0.511. The molecule has 0 saturated heterocycles. The van der Waals surface area contributed by atoms with Crippen LogP contribution in [0.3, 0.4) is 0 Å². The molecule has 0 aliphatic heterocycles. The molecule has 2 fully saturated rings. The fourth-order valence-corrected chi connectivity index (χ4v) is 8.00. The van der Waals surface area contributed by atoms with Crippen molar-refractivity contribution in [2.45, 2.75) is 52.7 Å². The van der Waals surface area contributed by atoms with Crippen molar-refractivity contribution in [3.8, 4) is 16.9 Å². The van der Waals surface area contributed by atoms with E-state index in [1.165, 1.54) is 13.0 Å². The predicted molar refractivity (Wildman–Crippen MR) is 140 cm³/mol. The van der Waals surface area contributed by atoms with Crippen LogP contribution < -0.4 is 0 Å². The van der Waals surface area contributed by atoms with Crippen molar-refractivity contribution in [3.63, 3.8) is 0 Å². The van der Waals surface area contributed by atoms with Gasteiger partial charge in [0.15, 0.2) is 28.7 Å². The van der Waals surface area contributed by atoms with Crippen LogP contribution in [0.2, 0.25) is 0 Å². The van der Waals surface area contributed by atoms with Gasteiger partial charge in [-0.2, -0.15) is 0 Å². The lowest BCUT2D eigenvalue weighted by molar-refractivity contribution is -0.213. The molecule has 0 bridgehead atoms. The highest BCUT2D eigenvalue weighted by Gasteiger charge is 2.77. The average Bonchev–Trinajstić information content (AvgIpc) is 2.85. The van der Waals surface area contributed by atoms with Crippen LogP contribution in [0.5, 0.6) is 5.75 Å². The van der Waals surface area contributed by atoms with E-state index in [9.17, 15) is 39.3 Å². The summed E-state index contributed by atoms with van der Waals surface area (Å²) in [6.07, 6.45) is -1.69. The van der Waals surface area contributed by atoms with E-state index in [2.05, 4.69) is 0 Å². The minimum Gasteiger partial charge on any atom is -0.507 e. The van der Waals surface area contributed by atoms with Gasteiger partial charge in [-0.05, 0) is 36.5 Å². The second-order valence-electron chi connectivity index (χ2n) is 12.2. The molecule has 3 N–H and O–H groups in total. The normalized spacial score (nSPS) is 35.9. The van der Waals surface area contributed by atoms with Crippen LogP contribution in [0, 0.1) is 34.5 Å². The molecule has 8 nitrogen and oxygen atoms in total. The zero-order valence-corrected chi connectivity index (χ0v) is 22.5. The van der Waals surface area contributed by atoms with Crippen LogP contribution in [0.25, 0.3) is 11.1 Å². The first-order chi connectivity index (χ1) is 18.1. The maximum Gasteiger partial charge on any atom is 0.190 e. The number of hydrogen-bond donors (Lipinski definition) is 3. The molecule has 7 atom stereocenters. The molecule has 3 aliphatic carbocycles. The van der Waals surface area contributed by atoms with E-state index >= 15 is 0 Å². The Balaban J connectivity index is 1.79. The van der Waals surface area contributed by atoms with E-state index in [0.29, 0.717) is 11.1 Å². The number of hydrogen-bond acceptors (Lipinski definition) is 8. The molecule has 0 heterocycles. The molecule has 2 saturated carbocycles. The molecule has 8 heteroatoms. The molecule has 39 heavy (non-hydrogen) atoms. The van der Waals surface area contributed by atoms with Crippen LogP contribution in [0.1, 0.15) is 63.1 Å². The summed E-state index contributed by atoms with van der Waals surface area (Å²) in [4.78, 5) is 68.1. The van der Waals surface area contributed by atoms with E-state index in [1.807, 2.05) is 6.07 Å². The zero-order chi connectivity index (χ0) is 28.8. The van der Waals surface area contributed by atoms with Crippen molar-refractivity contribution in [3.05, 3.63) is 53.6 Å². The van der Waals surface area contributed by atoms with Gasteiger partial charge in [0.05, 0.1) is 17.6 Å². The summed E-state index contributed by atoms with van der Waals surface area (Å²) >= 11 is 0. The number of ketones is 5. The van der Waals surface area contributed by atoms with Crippen LogP contribution >= 0.6 is 0 Å². The Labute approximate surface area is 226 Å². The number of carbonyl (C=O) groups is 5. The van der Waals surface area contributed by atoms with Crippen molar-refractivity contribution in [1.29, 1.82) is 0 Å². The molecular formula is C31H32O8. The van der Waals surface area contributed by atoms with Gasteiger partial charge >= 0.3 is 0 Å². The number of phenolic OH excluding ortho intramolecular Hbond substituents is 1. The van der Waals surface area contributed by atoms with Crippen molar-refractivity contribution < 1.29 is 39.3 Å². The van der Waals surface area contributed by atoms with E-state index in [1.54, 1.807) is 51.1 Å². The van der Waals surface area contributed by atoms with E-state index in [0.717, 1.165) is 6.92 Å². The fraction of sp³-hybridized carbons (Fsp3) is 0.452. The molecule has 0 radical (unpaired) electrons. The SMILES string of the molecule is CC(=O)C1C(=O)C(C(C)C)[C@@]2(C)C[C@]3(C)C(C(=O)c4c(O)ccc(-c5ccccc5)c4[C@H]3O)C(=O)[C@@]2(O)C1=O. The smallest absolute Gasteiger partial charge is 0.190 e. The fourth-order valence-electron chi connectivity index (χ4n) is 8.00. The van der Waals surface area contributed by atoms with Gasteiger partial charge in [0.2, 0.25) is 0 Å². The third-order valence-corrected chi connectivity index (χ3v) is 9.54. The summed E-state index contributed by atoms with van der Waals surface area (Å²) in [7, 11) is 0. The number of rotatable bonds is 3. The van der Waals surface area contributed by atoms with Gasteiger partial charge in [0, 0.05) is 22.3 Å². The molecule has 3 aliphatic rings. The Hall–Kier alpha value is -3.49. The van der Waals surface area contributed by atoms with Gasteiger partial charge in [-0.1, -0.05) is 64.1 Å². The summed E-state index contributed by atoms with van der Waals surface area (Å²) in [6.45, 7) is 7.51. The number of carbonyl (C=O) groups excluding carboxylic acids is 5. The highest BCUT2D eigenvalue weighted by atomic mass is 16.3. The van der Waals surface area contributed by atoms with Crippen LogP contribution in [0.4, 0.5) is 0 Å². The van der Waals surface area contributed by atoms with Gasteiger partial charge in [0.25, 0.3) is 0 Å². The Morgan fingerprint density at radius 2 is 1.59 bits per heavy atom. The molecule has 2 aromatic rings. The van der Waals surface area contributed by atoms with Crippen LogP contribution in [0.15, 0.2) is 42.5 Å². The molecule has 2 aromatic carbocycles. The third kappa shape index (κ3) is 3.22. The van der Waals surface area contributed by atoms with Crippen LogP contribution in [-0.2, 0) is 19.2 Å². The number of aliphatic hydroxyl groups is 2. The maximum atomic E-state index is 14.3. The zero-order valence-electron chi connectivity index (χ0n) is 22.5. The Kier molecular flexibility index (Phi) is 5.91. The minimum atomic E-state index is -2.81. The average molecular weight is 533 g/mol. The topological polar surface area (TPSA) is 146 Å². The van der Waals surface area contributed by atoms with Gasteiger partial charge in [-0.25, -0.2) is 0 Å². The van der Waals surface area contributed by atoms with Crippen molar-refractivity contribution in [1.82, 2.24) is 0 Å².